The predicted octanol–water partition coefficient (Wildman–Crippen LogP) is 4.42. The smallest absolute Gasteiger partial charge is 0.0144 e. The fourth-order valence-electron chi connectivity index (χ4n) is 2.61. The van der Waals surface area contributed by atoms with Gasteiger partial charge >= 0.3 is 0 Å². The summed E-state index contributed by atoms with van der Waals surface area (Å²) in [6.07, 6.45) is 3.50. The zero-order valence-electron chi connectivity index (χ0n) is 10.1. The Labute approximate surface area is 103 Å². The standard InChI is InChI=1S/C17H16/c1-13-11-15-9-5-6-10-16(15)12-17(13)14-7-3-2-4-8-14/h2-10,12-13H,11H2,1H3. The molecule has 0 saturated carbocycles. The summed E-state index contributed by atoms with van der Waals surface area (Å²) in [5, 5.41) is 0. The van der Waals surface area contributed by atoms with Crippen LogP contribution in [0.1, 0.15) is 23.6 Å². The Hall–Kier alpha value is -1.82. The first kappa shape index (κ1) is 10.3. The second-order valence-corrected chi connectivity index (χ2v) is 4.77. The average molecular weight is 220 g/mol. The SMILES string of the molecule is CC1Cc2ccccc2C=C1c1ccccc1. The summed E-state index contributed by atoms with van der Waals surface area (Å²) < 4.78 is 0. The lowest BCUT2D eigenvalue weighted by Gasteiger charge is -2.23. The summed E-state index contributed by atoms with van der Waals surface area (Å²) in [7, 11) is 0. The van der Waals surface area contributed by atoms with E-state index in [2.05, 4.69) is 67.6 Å². The molecule has 0 heterocycles. The molecule has 84 valence electrons. The molecule has 17 heavy (non-hydrogen) atoms. The normalized spacial score (nSPS) is 18.4. The third kappa shape index (κ3) is 1.91. The van der Waals surface area contributed by atoms with Gasteiger partial charge in [0, 0.05) is 0 Å². The molecule has 1 unspecified atom stereocenters. The van der Waals surface area contributed by atoms with E-state index in [1.165, 1.54) is 22.3 Å². The van der Waals surface area contributed by atoms with E-state index in [0.29, 0.717) is 5.92 Å². The second-order valence-electron chi connectivity index (χ2n) is 4.77. The van der Waals surface area contributed by atoms with Crippen LogP contribution in [0.5, 0.6) is 0 Å². The van der Waals surface area contributed by atoms with Crippen molar-refractivity contribution < 1.29 is 0 Å². The maximum Gasteiger partial charge on any atom is -0.0144 e. The Kier molecular flexibility index (Phi) is 2.56. The van der Waals surface area contributed by atoms with Gasteiger partial charge in [0.2, 0.25) is 0 Å². The zero-order valence-corrected chi connectivity index (χ0v) is 10.1. The van der Waals surface area contributed by atoms with Gasteiger partial charge in [-0.25, -0.2) is 0 Å². The summed E-state index contributed by atoms with van der Waals surface area (Å²) >= 11 is 0. The predicted molar refractivity (Wildman–Crippen MR) is 73.6 cm³/mol. The van der Waals surface area contributed by atoms with Crippen molar-refractivity contribution in [2.45, 2.75) is 13.3 Å². The molecule has 1 aliphatic rings. The maximum atomic E-state index is 2.35. The number of allylic oxidation sites excluding steroid dienone is 1. The molecule has 0 nitrogen and oxygen atoms in total. The van der Waals surface area contributed by atoms with Crippen molar-refractivity contribution in [3.8, 4) is 0 Å². The van der Waals surface area contributed by atoms with Gasteiger partial charge in [-0.3, -0.25) is 0 Å². The van der Waals surface area contributed by atoms with Crippen LogP contribution >= 0.6 is 0 Å². The highest BCUT2D eigenvalue weighted by Gasteiger charge is 2.17. The summed E-state index contributed by atoms with van der Waals surface area (Å²) in [4.78, 5) is 0. The lowest BCUT2D eigenvalue weighted by atomic mass is 9.81. The van der Waals surface area contributed by atoms with E-state index in [0.717, 1.165) is 6.42 Å². The van der Waals surface area contributed by atoms with E-state index in [1.807, 2.05) is 0 Å². The van der Waals surface area contributed by atoms with Gasteiger partial charge in [0.15, 0.2) is 0 Å². The number of fused-ring (bicyclic) bond motifs is 1. The van der Waals surface area contributed by atoms with Gasteiger partial charge in [-0.1, -0.05) is 67.6 Å². The van der Waals surface area contributed by atoms with Crippen LogP contribution in [0.3, 0.4) is 0 Å². The molecule has 2 aromatic carbocycles. The Morgan fingerprint density at radius 3 is 2.41 bits per heavy atom. The van der Waals surface area contributed by atoms with Gasteiger partial charge in [0.25, 0.3) is 0 Å². The topological polar surface area (TPSA) is 0 Å². The molecule has 1 aliphatic carbocycles. The largest absolute Gasteiger partial charge is 0.0622 e. The maximum absolute atomic E-state index is 2.35. The van der Waals surface area contributed by atoms with Crippen LogP contribution in [0, 0.1) is 5.92 Å². The number of hydrogen-bond donors (Lipinski definition) is 0. The van der Waals surface area contributed by atoms with Crippen LogP contribution in [0.4, 0.5) is 0 Å². The highest BCUT2D eigenvalue weighted by atomic mass is 14.2. The molecule has 0 spiro atoms. The molecule has 0 radical (unpaired) electrons. The minimum absolute atomic E-state index is 0.604. The summed E-state index contributed by atoms with van der Waals surface area (Å²) in [5.74, 6) is 0.604. The van der Waals surface area contributed by atoms with Crippen LogP contribution in [-0.2, 0) is 6.42 Å². The van der Waals surface area contributed by atoms with Gasteiger partial charge in [-0.15, -0.1) is 0 Å². The lowest BCUT2D eigenvalue weighted by Crippen LogP contribution is -2.08. The molecule has 0 aliphatic heterocycles. The molecule has 0 heteroatoms. The van der Waals surface area contributed by atoms with Crippen LogP contribution in [0.2, 0.25) is 0 Å². The molecule has 2 aromatic rings. The highest BCUT2D eigenvalue weighted by molar-refractivity contribution is 5.85. The molecule has 0 fully saturated rings. The van der Waals surface area contributed by atoms with Gasteiger partial charge < -0.3 is 0 Å². The van der Waals surface area contributed by atoms with E-state index < -0.39 is 0 Å². The van der Waals surface area contributed by atoms with E-state index in [-0.39, 0.29) is 0 Å². The van der Waals surface area contributed by atoms with Crippen molar-refractivity contribution in [2.24, 2.45) is 5.92 Å². The van der Waals surface area contributed by atoms with Crippen molar-refractivity contribution >= 4 is 11.6 Å². The molecule has 0 aromatic heterocycles. The van der Waals surface area contributed by atoms with E-state index in [9.17, 15) is 0 Å². The van der Waals surface area contributed by atoms with Crippen LogP contribution in [0.15, 0.2) is 54.6 Å². The molecule has 0 saturated heterocycles. The monoisotopic (exact) mass is 220 g/mol. The van der Waals surface area contributed by atoms with Crippen molar-refractivity contribution in [1.29, 1.82) is 0 Å². The van der Waals surface area contributed by atoms with E-state index >= 15 is 0 Å². The molecular formula is C17H16. The van der Waals surface area contributed by atoms with Crippen molar-refractivity contribution in [2.75, 3.05) is 0 Å². The summed E-state index contributed by atoms with van der Waals surface area (Å²) in [6, 6.07) is 19.4. The lowest BCUT2D eigenvalue weighted by molar-refractivity contribution is 0.737. The first-order chi connectivity index (χ1) is 8.34. The molecule has 0 bridgehead atoms. The van der Waals surface area contributed by atoms with E-state index in [1.54, 1.807) is 0 Å². The van der Waals surface area contributed by atoms with Gasteiger partial charge in [0.1, 0.15) is 0 Å². The molecule has 3 rings (SSSR count). The Balaban J connectivity index is 2.10. The second kappa shape index (κ2) is 4.21. The fourth-order valence-corrected chi connectivity index (χ4v) is 2.61. The number of rotatable bonds is 1. The number of benzene rings is 2. The van der Waals surface area contributed by atoms with Crippen molar-refractivity contribution in [3.63, 3.8) is 0 Å². The van der Waals surface area contributed by atoms with Crippen molar-refractivity contribution in [1.82, 2.24) is 0 Å². The fraction of sp³-hybridized carbons (Fsp3) is 0.176. The first-order valence-corrected chi connectivity index (χ1v) is 6.19. The summed E-state index contributed by atoms with van der Waals surface area (Å²) in [5.41, 5.74) is 5.67. The molecule has 0 amide bonds. The molecular weight excluding hydrogens is 204 g/mol. The van der Waals surface area contributed by atoms with Crippen LogP contribution in [-0.4, -0.2) is 0 Å². The van der Waals surface area contributed by atoms with Gasteiger partial charge in [-0.2, -0.15) is 0 Å². The third-order valence-electron chi connectivity index (χ3n) is 3.53. The highest BCUT2D eigenvalue weighted by Crippen LogP contribution is 2.34. The van der Waals surface area contributed by atoms with Gasteiger partial charge in [-0.05, 0) is 34.6 Å². The van der Waals surface area contributed by atoms with Crippen LogP contribution < -0.4 is 0 Å². The first-order valence-electron chi connectivity index (χ1n) is 6.19. The zero-order chi connectivity index (χ0) is 11.7. The third-order valence-corrected chi connectivity index (χ3v) is 3.53. The Morgan fingerprint density at radius 2 is 1.59 bits per heavy atom. The van der Waals surface area contributed by atoms with Crippen molar-refractivity contribution in [3.05, 3.63) is 71.3 Å². The number of hydrogen-bond acceptors (Lipinski definition) is 0. The Morgan fingerprint density at radius 1 is 0.882 bits per heavy atom. The summed E-state index contributed by atoms with van der Waals surface area (Å²) in [6.45, 7) is 2.31. The minimum Gasteiger partial charge on any atom is -0.0622 e. The average Bonchev–Trinajstić information content (AvgIpc) is 2.39. The Bertz CT molecular complexity index is 549. The minimum atomic E-state index is 0.604. The van der Waals surface area contributed by atoms with Gasteiger partial charge in [0.05, 0.1) is 0 Å². The molecule has 0 N–H and O–H groups in total. The van der Waals surface area contributed by atoms with E-state index in [4.69, 9.17) is 0 Å². The van der Waals surface area contributed by atoms with Crippen LogP contribution in [0.25, 0.3) is 11.6 Å². The quantitative estimate of drug-likeness (QED) is 0.667. The molecule has 1 atom stereocenters.